The molecule has 0 unspecified atom stereocenters. The SMILES string of the molecule is CC(C)Cc1cc2ccc3c4ncnc(-c5[c-]c6ccsc6c(C(C)(C)C)c5)c4sc3c2s1.CCC(C)(CC)C(=O)/C=C(\O)C(C)(CC)CC.[Ir]. The summed E-state index contributed by atoms with van der Waals surface area (Å²) in [5.74, 6) is 0.946. The zero-order valence-electron chi connectivity index (χ0n) is 32.0. The second kappa shape index (κ2) is 16.3. The second-order valence-electron chi connectivity index (χ2n) is 15.6. The van der Waals surface area contributed by atoms with Crippen molar-refractivity contribution in [1.29, 1.82) is 0 Å². The summed E-state index contributed by atoms with van der Waals surface area (Å²) in [6.45, 7) is 23.5. The Labute approximate surface area is 330 Å². The number of nitrogens with zero attached hydrogens (tertiary/aromatic N) is 2. The minimum Gasteiger partial charge on any atom is -0.512 e. The third-order valence-corrected chi connectivity index (χ3v) is 14.2. The normalized spacial score (nSPS) is 12.9. The van der Waals surface area contributed by atoms with Crippen molar-refractivity contribution in [2.24, 2.45) is 16.7 Å². The Morgan fingerprint density at radius 1 is 0.863 bits per heavy atom. The molecule has 6 aromatic rings. The van der Waals surface area contributed by atoms with Gasteiger partial charge in [0.1, 0.15) is 12.1 Å². The van der Waals surface area contributed by atoms with Crippen LogP contribution in [0.5, 0.6) is 0 Å². The summed E-state index contributed by atoms with van der Waals surface area (Å²) >= 11 is 5.57. The number of rotatable bonds is 10. The number of allylic oxidation sites excluding steroid dienone is 2. The fourth-order valence-corrected chi connectivity index (χ4v) is 10.1. The Bertz CT molecular complexity index is 2170. The zero-order chi connectivity index (χ0) is 36.6. The van der Waals surface area contributed by atoms with E-state index >= 15 is 0 Å². The molecule has 275 valence electrons. The Hall–Kier alpha value is -2.48. The van der Waals surface area contributed by atoms with Crippen LogP contribution in [0.15, 0.2) is 53.9 Å². The van der Waals surface area contributed by atoms with Crippen molar-refractivity contribution in [2.75, 3.05) is 0 Å². The largest absolute Gasteiger partial charge is 0.512 e. The van der Waals surface area contributed by atoms with Crippen LogP contribution in [-0.2, 0) is 36.7 Å². The van der Waals surface area contributed by atoms with Gasteiger partial charge >= 0.3 is 0 Å². The summed E-state index contributed by atoms with van der Waals surface area (Å²) in [5.41, 5.74) is 3.91. The molecule has 0 amide bonds. The van der Waals surface area contributed by atoms with Crippen molar-refractivity contribution in [3.05, 3.63) is 70.4 Å². The molecule has 0 aliphatic rings. The monoisotopic (exact) mass is 918 g/mol. The van der Waals surface area contributed by atoms with E-state index in [4.69, 9.17) is 9.97 Å². The number of thiophene rings is 3. The summed E-state index contributed by atoms with van der Waals surface area (Å²) in [4.78, 5) is 23.2. The Balaban J connectivity index is 0.000000279. The fraction of sp³-hybridized carbons (Fsp3) is 0.465. The molecule has 0 aliphatic heterocycles. The van der Waals surface area contributed by atoms with Crippen molar-refractivity contribution in [1.82, 2.24) is 9.97 Å². The average molecular weight is 918 g/mol. The maximum atomic E-state index is 12.2. The molecule has 0 saturated heterocycles. The van der Waals surface area contributed by atoms with E-state index in [9.17, 15) is 9.90 Å². The third kappa shape index (κ3) is 8.36. The van der Waals surface area contributed by atoms with E-state index in [2.05, 4.69) is 76.4 Å². The van der Waals surface area contributed by atoms with Crippen LogP contribution >= 0.6 is 34.0 Å². The molecule has 4 nitrogen and oxygen atoms in total. The molecule has 4 heterocycles. The molecule has 1 N–H and O–H groups in total. The van der Waals surface area contributed by atoms with Crippen LogP contribution < -0.4 is 0 Å². The van der Waals surface area contributed by atoms with E-state index in [-0.39, 0.29) is 47.9 Å². The Morgan fingerprint density at radius 2 is 1.53 bits per heavy atom. The first kappa shape index (κ1) is 41.3. The van der Waals surface area contributed by atoms with E-state index in [1.807, 2.05) is 64.2 Å². The predicted molar refractivity (Wildman–Crippen MR) is 220 cm³/mol. The van der Waals surface area contributed by atoms with Crippen LogP contribution in [0, 0.1) is 22.8 Å². The topological polar surface area (TPSA) is 63.1 Å². The molecule has 0 spiro atoms. The van der Waals surface area contributed by atoms with E-state index in [0.29, 0.717) is 5.92 Å². The number of hydrogen-bond acceptors (Lipinski definition) is 7. The molecule has 0 saturated carbocycles. The van der Waals surface area contributed by atoms with Gasteiger partial charge in [-0.3, -0.25) is 9.78 Å². The summed E-state index contributed by atoms with van der Waals surface area (Å²) in [6, 6.07) is 15.0. The molecule has 0 bridgehead atoms. The summed E-state index contributed by atoms with van der Waals surface area (Å²) in [6.07, 6.45) is 7.60. The van der Waals surface area contributed by atoms with Gasteiger partial charge in [0.2, 0.25) is 0 Å². The standard InChI is InChI=1S/C28H25N2S3.C15H28O2.Ir/c1-15(2)10-19-12-16-6-7-20-23-27(33-26(20)25(16)32-19)22(29-14-30-23)18-11-17-8-9-31-24(17)21(13-18)28(3,4)5;1-7-14(5,8-2)12(16)11-13(17)15(6,9-3)10-4;/h6-9,12-15H,10H2,1-5H3;11,16H,7-10H2,1-6H3;/q-1;;/b;12-11-;. The second-order valence-corrected chi connectivity index (χ2v) is 18.7. The zero-order valence-corrected chi connectivity index (χ0v) is 36.9. The minimum atomic E-state index is -0.337. The van der Waals surface area contributed by atoms with Crippen LogP contribution in [-0.4, -0.2) is 20.9 Å². The van der Waals surface area contributed by atoms with Crippen LogP contribution in [0.25, 0.3) is 51.7 Å². The van der Waals surface area contributed by atoms with E-state index in [1.165, 1.54) is 46.8 Å². The Morgan fingerprint density at radius 3 is 2.14 bits per heavy atom. The summed E-state index contributed by atoms with van der Waals surface area (Å²) in [5, 5.41) is 16.0. The van der Waals surface area contributed by atoms with Gasteiger partial charge in [0.25, 0.3) is 0 Å². The van der Waals surface area contributed by atoms with Crippen LogP contribution in [0.3, 0.4) is 0 Å². The molecular weight excluding hydrogens is 865 g/mol. The van der Waals surface area contributed by atoms with Gasteiger partial charge in [0.05, 0.1) is 14.9 Å². The minimum absolute atomic E-state index is 0. The van der Waals surface area contributed by atoms with E-state index in [0.717, 1.165) is 53.6 Å². The average Bonchev–Trinajstić information content (AvgIpc) is 3.82. The van der Waals surface area contributed by atoms with Crippen molar-refractivity contribution in [3.8, 4) is 11.3 Å². The molecule has 2 aromatic carbocycles. The number of aromatic nitrogens is 2. The number of aliphatic hydroxyl groups is 1. The molecule has 8 heteroatoms. The maximum Gasteiger partial charge on any atom is 0.164 e. The van der Waals surface area contributed by atoms with Gasteiger partial charge in [-0.1, -0.05) is 99.4 Å². The van der Waals surface area contributed by atoms with Crippen LogP contribution in [0.2, 0.25) is 0 Å². The first-order chi connectivity index (χ1) is 23.6. The Kier molecular flexibility index (Phi) is 13.2. The van der Waals surface area contributed by atoms with Crippen LogP contribution in [0.4, 0.5) is 0 Å². The van der Waals surface area contributed by atoms with Crippen molar-refractivity contribution < 1.29 is 30.0 Å². The van der Waals surface area contributed by atoms with Gasteiger partial charge in [-0.25, -0.2) is 4.98 Å². The quantitative estimate of drug-likeness (QED) is 0.0845. The smallest absolute Gasteiger partial charge is 0.164 e. The third-order valence-electron chi connectivity index (χ3n) is 10.7. The first-order valence-electron chi connectivity index (χ1n) is 18.1. The molecule has 51 heavy (non-hydrogen) atoms. The maximum absolute atomic E-state index is 12.2. The number of benzene rings is 2. The van der Waals surface area contributed by atoms with Gasteiger partial charge < -0.3 is 5.11 Å². The molecule has 0 aliphatic carbocycles. The number of hydrogen-bond donors (Lipinski definition) is 1. The van der Waals surface area contributed by atoms with Crippen molar-refractivity contribution in [3.63, 3.8) is 0 Å². The fourth-order valence-electron chi connectivity index (χ4n) is 6.25. The van der Waals surface area contributed by atoms with Crippen molar-refractivity contribution in [2.45, 2.75) is 114 Å². The van der Waals surface area contributed by atoms with Gasteiger partial charge in [-0.05, 0) is 65.0 Å². The van der Waals surface area contributed by atoms with Gasteiger partial charge in [-0.15, -0.1) is 46.3 Å². The number of carbonyl (C=O) groups is 1. The molecule has 6 rings (SSSR count). The van der Waals surface area contributed by atoms with Crippen LogP contribution in [0.1, 0.15) is 112 Å². The van der Waals surface area contributed by atoms with E-state index in [1.54, 1.807) is 17.7 Å². The van der Waals surface area contributed by atoms with Gasteiger partial charge in [-0.2, -0.15) is 11.3 Å². The van der Waals surface area contributed by atoms with Crippen molar-refractivity contribution >= 4 is 80.3 Å². The number of ketones is 1. The molecule has 1 radical (unpaired) electrons. The molecule has 0 atom stereocenters. The summed E-state index contributed by atoms with van der Waals surface area (Å²) < 4.78 is 5.19. The molecule has 4 aromatic heterocycles. The first-order valence-corrected chi connectivity index (χ1v) is 20.6. The number of carbonyl (C=O) groups excluding carboxylic acids is 1. The van der Waals surface area contributed by atoms with E-state index < -0.39 is 0 Å². The summed E-state index contributed by atoms with van der Waals surface area (Å²) in [7, 11) is 0. The van der Waals surface area contributed by atoms with Gasteiger partial charge in [0, 0.05) is 57.7 Å². The molecule has 0 fully saturated rings. The molecular formula is C43H53IrN2O2S3-. The number of aliphatic hydroxyl groups excluding tert-OH is 1. The number of fused-ring (bicyclic) bond motifs is 6. The predicted octanol–water partition coefficient (Wildman–Crippen LogP) is 13.9. The van der Waals surface area contributed by atoms with Gasteiger partial charge in [0.15, 0.2) is 5.78 Å².